The maximum absolute atomic E-state index is 12.3. The van der Waals surface area contributed by atoms with Crippen LogP contribution in [0.1, 0.15) is 24.4 Å². The minimum Gasteiger partial charge on any atom is -0.449 e. The van der Waals surface area contributed by atoms with Crippen molar-refractivity contribution in [3.8, 4) is 0 Å². The first-order valence-electron chi connectivity index (χ1n) is 8.76. The summed E-state index contributed by atoms with van der Waals surface area (Å²) in [6.45, 7) is 2.79. The number of rotatable bonds is 5. The van der Waals surface area contributed by atoms with E-state index in [1.807, 2.05) is 0 Å². The number of amides is 2. The highest BCUT2D eigenvalue weighted by molar-refractivity contribution is 5.97. The van der Waals surface area contributed by atoms with Crippen LogP contribution >= 0.6 is 0 Å². The summed E-state index contributed by atoms with van der Waals surface area (Å²) in [5.74, 6) is -1.97. The summed E-state index contributed by atoms with van der Waals surface area (Å²) in [6.07, 6.45) is -1.13. The number of carbonyl (C=O) groups excluding carboxylic acids is 3. The second kappa shape index (κ2) is 8.39. The van der Waals surface area contributed by atoms with Gasteiger partial charge in [0.1, 0.15) is 5.58 Å². The van der Waals surface area contributed by atoms with Crippen LogP contribution in [0.5, 0.6) is 0 Å². The quantitative estimate of drug-likeness (QED) is 0.643. The molecule has 1 heterocycles. The molecule has 0 saturated heterocycles. The van der Waals surface area contributed by atoms with E-state index in [0.29, 0.717) is 16.8 Å². The van der Waals surface area contributed by atoms with Crippen LogP contribution in [0.2, 0.25) is 0 Å². The number of fused-ring (bicyclic) bond motifs is 1. The largest absolute Gasteiger partial charge is 0.449 e. The highest BCUT2D eigenvalue weighted by Gasteiger charge is 2.21. The molecule has 2 N–H and O–H groups in total. The molecule has 1 aromatic heterocycles. The van der Waals surface area contributed by atoms with Crippen molar-refractivity contribution in [2.45, 2.75) is 20.0 Å². The van der Waals surface area contributed by atoms with Gasteiger partial charge in [-0.15, -0.1) is 0 Å². The monoisotopic (exact) mass is 394 g/mol. The summed E-state index contributed by atoms with van der Waals surface area (Å²) in [5.41, 5.74) is 0.920. The van der Waals surface area contributed by atoms with Crippen molar-refractivity contribution in [1.29, 1.82) is 0 Å². The van der Waals surface area contributed by atoms with E-state index >= 15 is 0 Å². The molecule has 0 aliphatic carbocycles. The Labute approximate surface area is 165 Å². The smallest absolute Gasteiger partial charge is 0.375 e. The summed E-state index contributed by atoms with van der Waals surface area (Å²) >= 11 is 0. The van der Waals surface area contributed by atoms with Gasteiger partial charge < -0.3 is 19.8 Å². The molecule has 1 unspecified atom stereocenters. The van der Waals surface area contributed by atoms with Gasteiger partial charge in [0.05, 0.1) is 5.39 Å². The van der Waals surface area contributed by atoms with Gasteiger partial charge >= 0.3 is 5.97 Å². The fraction of sp³-hybridized carbons (Fsp3) is 0.143. The first kappa shape index (κ1) is 19.8. The normalized spacial score (nSPS) is 11.5. The second-order valence-electron chi connectivity index (χ2n) is 6.27. The zero-order chi connectivity index (χ0) is 21.0. The predicted molar refractivity (Wildman–Crippen MR) is 107 cm³/mol. The second-order valence-corrected chi connectivity index (χ2v) is 6.27. The van der Waals surface area contributed by atoms with Crippen LogP contribution in [0.4, 0.5) is 11.4 Å². The number of para-hydroxylation sites is 1. The van der Waals surface area contributed by atoms with Crippen LogP contribution in [-0.4, -0.2) is 23.9 Å². The van der Waals surface area contributed by atoms with Crippen molar-refractivity contribution >= 4 is 40.1 Å². The Balaban J connectivity index is 1.65. The lowest BCUT2D eigenvalue weighted by molar-refractivity contribution is -0.123. The molecule has 2 aromatic carbocycles. The molecule has 2 amide bonds. The van der Waals surface area contributed by atoms with Gasteiger partial charge in [0, 0.05) is 24.4 Å². The Morgan fingerprint density at radius 2 is 1.59 bits per heavy atom. The van der Waals surface area contributed by atoms with Crippen molar-refractivity contribution in [2.24, 2.45) is 0 Å². The Bertz CT molecular complexity index is 1130. The number of hydrogen-bond acceptors (Lipinski definition) is 6. The highest BCUT2D eigenvalue weighted by Crippen LogP contribution is 2.15. The van der Waals surface area contributed by atoms with Crippen LogP contribution in [0.3, 0.4) is 0 Å². The van der Waals surface area contributed by atoms with E-state index < -0.39 is 18.0 Å². The molecule has 8 nitrogen and oxygen atoms in total. The molecular weight excluding hydrogens is 376 g/mol. The van der Waals surface area contributed by atoms with Crippen LogP contribution in [-0.2, 0) is 14.3 Å². The summed E-state index contributed by atoms with van der Waals surface area (Å²) in [7, 11) is 0. The zero-order valence-electron chi connectivity index (χ0n) is 15.7. The average Bonchev–Trinajstić information content (AvgIpc) is 2.69. The number of anilines is 2. The number of hydrogen-bond donors (Lipinski definition) is 2. The standard InChI is InChI=1S/C21H18N2O6/c1-12(20(26)23-15-9-7-14(8-10-15)22-13(2)24)28-21(27)19-11-17(25)16-5-3-4-6-18(16)29-19/h3-12H,1-2H3,(H,22,24)(H,23,26). The molecular formula is C21H18N2O6. The van der Waals surface area contributed by atoms with Crippen molar-refractivity contribution in [2.75, 3.05) is 10.6 Å². The zero-order valence-corrected chi connectivity index (χ0v) is 15.7. The minimum atomic E-state index is -1.13. The molecule has 8 heteroatoms. The Morgan fingerprint density at radius 1 is 0.966 bits per heavy atom. The molecule has 0 bridgehead atoms. The van der Waals surface area contributed by atoms with E-state index in [1.165, 1.54) is 13.8 Å². The van der Waals surface area contributed by atoms with Gasteiger partial charge in [-0.25, -0.2) is 4.79 Å². The number of carbonyl (C=O) groups is 3. The van der Waals surface area contributed by atoms with Crippen molar-refractivity contribution < 1.29 is 23.5 Å². The Morgan fingerprint density at radius 3 is 2.24 bits per heavy atom. The molecule has 148 valence electrons. The van der Waals surface area contributed by atoms with Gasteiger partial charge in [0.15, 0.2) is 11.5 Å². The molecule has 0 aliphatic rings. The van der Waals surface area contributed by atoms with Gasteiger partial charge in [0.2, 0.25) is 11.7 Å². The lowest BCUT2D eigenvalue weighted by Crippen LogP contribution is -2.30. The average molecular weight is 394 g/mol. The first-order chi connectivity index (χ1) is 13.8. The van der Waals surface area contributed by atoms with Crippen molar-refractivity contribution in [3.05, 3.63) is 70.6 Å². The highest BCUT2D eigenvalue weighted by atomic mass is 16.6. The molecule has 0 spiro atoms. The summed E-state index contributed by atoms with van der Waals surface area (Å²) in [5, 5.41) is 5.56. The topological polar surface area (TPSA) is 115 Å². The third kappa shape index (κ3) is 4.86. The molecule has 1 atom stereocenters. The molecule has 3 rings (SSSR count). The van der Waals surface area contributed by atoms with E-state index in [9.17, 15) is 19.2 Å². The minimum absolute atomic E-state index is 0.206. The number of benzene rings is 2. The van der Waals surface area contributed by atoms with E-state index in [2.05, 4.69) is 10.6 Å². The van der Waals surface area contributed by atoms with Gasteiger partial charge in [-0.05, 0) is 43.3 Å². The van der Waals surface area contributed by atoms with Crippen molar-refractivity contribution in [3.63, 3.8) is 0 Å². The molecule has 0 radical (unpaired) electrons. The van der Waals surface area contributed by atoms with E-state index in [1.54, 1.807) is 48.5 Å². The lowest BCUT2D eigenvalue weighted by Gasteiger charge is -2.13. The predicted octanol–water partition coefficient (Wildman–Crippen LogP) is 2.94. The van der Waals surface area contributed by atoms with Crippen LogP contribution in [0.15, 0.2) is 63.8 Å². The SMILES string of the molecule is CC(=O)Nc1ccc(NC(=O)C(C)OC(=O)c2cc(=O)c3ccccc3o2)cc1. The van der Waals surface area contributed by atoms with E-state index in [4.69, 9.17) is 9.15 Å². The van der Waals surface area contributed by atoms with E-state index in [0.717, 1.165) is 6.07 Å². The third-order valence-corrected chi connectivity index (χ3v) is 3.96. The van der Waals surface area contributed by atoms with Gasteiger partial charge in [-0.1, -0.05) is 12.1 Å². The van der Waals surface area contributed by atoms with Gasteiger partial charge in [0.25, 0.3) is 5.91 Å². The Hall–Kier alpha value is -3.94. The first-order valence-corrected chi connectivity index (χ1v) is 8.76. The third-order valence-electron chi connectivity index (χ3n) is 3.96. The fourth-order valence-electron chi connectivity index (χ4n) is 2.56. The molecule has 29 heavy (non-hydrogen) atoms. The van der Waals surface area contributed by atoms with Crippen LogP contribution < -0.4 is 16.1 Å². The fourth-order valence-corrected chi connectivity index (χ4v) is 2.56. The van der Waals surface area contributed by atoms with Crippen LogP contribution in [0, 0.1) is 0 Å². The molecule has 3 aromatic rings. The summed E-state index contributed by atoms with van der Waals surface area (Å²) in [4.78, 5) is 47.7. The summed E-state index contributed by atoms with van der Waals surface area (Å²) in [6, 6.07) is 14.0. The molecule has 0 aliphatic heterocycles. The maximum Gasteiger partial charge on any atom is 0.375 e. The Kier molecular flexibility index (Phi) is 5.73. The molecule has 0 saturated carbocycles. The van der Waals surface area contributed by atoms with Crippen LogP contribution in [0.25, 0.3) is 11.0 Å². The van der Waals surface area contributed by atoms with Crippen molar-refractivity contribution in [1.82, 2.24) is 0 Å². The number of nitrogens with one attached hydrogen (secondary N) is 2. The lowest BCUT2D eigenvalue weighted by atomic mass is 10.2. The van der Waals surface area contributed by atoms with E-state index in [-0.39, 0.29) is 22.7 Å². The van der Waals surface area contributed by atoms with Gasteiger partial charge in [-0.3, -0.25) is 14.4 Å². The summed E-state index contributed by atoms with van der Waals surface area (Å²) < 4.78 is 10.5. The molecule has 0 fully saturated rings. The maximum atomic E-state index is 12.3. The number of esters is 1. The number of ether oxygens (including phenoxy) is 1. The van der Waals surface area contributed by atoms with Gasteiger partial charge in [-0.2, -0.15) is 0 Å².